The molecule has 2 nitrogen and oxygen atoms in total. The lowest BCUT2D eigenvalue weighted by Gasteiger charge is -2.16. The number of fused-ring (bicyclic) bond motifs is 1. The number of hydrogen-bond acceptors (Lipinski definition) is 1. The first kappa shape index (κ1) is 11.0. The fraction of sp³-hybridized carbons (Fsp3) is 0.300. The molecular weight excluding hydrogens is 218 g/mol. The molecule has 0 spiro atoms. The maximum atomic E-state index is 12.5. The lowest BCUT2D eigenvalue weighted by atomic mass is 9.78. The average Bonchev–Trinajstić information content (AvgIpc) is 2.39. The third kappa shape index (κ3) is 2.05. The Morgan fingerprint density at radius 2 is 2.00 bits per heavy atom. The summed E-state index contributed by atoms with van der Waals surface area (Å²) in [5.41, 5.74) is 0.224. The van der Waals surface area contributed by atoms with Crippen LogP contribution < -0.4 is 10.8 Å². The molecule has 16 heavy (non-hydrogen) atoms. The molecule has 1 aromatic rings. The molecule has 0 aliphatic carbocycles. The average molecular weight is 228 g/mol. The molecule has 6 heteroatoms. The zero-order chi connectivity index (χ0) is 11.8. The highest BCUT2D eigenvalue weighted by atomic mass is 19.4. The van der Waals surface area contributed by atoms with Crippen molar-refractivity contribution in [3.05, 3.63) is 29.3 Å². The van der Waals surface area contributed by atoms with Crippen LogP contribution in [0.15, 0.2) is 18.2 Å². The fourth-order valence-corrected chi connectivity index (χ4v) is 1.82. The number of benzene rings is 1. The second-order valence-corrected chi connectivity index (χ2v) is 3.85. The van der Waals surface area contributed by atoms with E-state index in [0.717, 1.165) is 12.1 Å². The minimum atomic E-state index is -4.99. The van der Waals surface area contributed by atoms with Crippen molar-refractivity contribution in [3.8, 4) is 0 Å². The number of carbonyl (C=O) groups is 1. The van der Waals surface area contributed by atoms with Crippen LogP contribution in [-0.4, -0.2) is 19.4 Å². The number of rotatable bonds is 1. The van der Waals surface area contributed by atoms with Crippen LogP contribution in [0.2, 0.25) is 0 Å². The molecule has 0 aromatic heterocycles. The third-order valence-electron chi connectivity index (χ3n) is 2.66. The Bertz CT molecular complexity index is 431. The zero-order valence-corrected chi connectivity index (χ0v) is 8.47. The van der Waals surface area contributed by atoms with Crippen molar-refractivity contribution in [3.63, 3.8) is 0 Å². The van der Waals surface area contributed by atoms with Crippen LogP contribution in [-0.2, 0) is 6.42 Å². The summed E-state index contributed by atoms with van der Waals surface area (Å²) in [5, 5.41) is 2.64. The van der Waals surface area contributed by atoms with E-state index in [1.807, 2.05) is 0 Å². The summed E-state index contributed by atoms with van der Waals surface area (Å²) in [7, 11) is 0. The number of aryl methyl sites for hydroxylation is 1. The quantitative estimate of drug-likeness (QED) is 0.723. The summed E-state index contributed by atoms with van der Waals surface area (Å²) in [6.07, 6.45) is 1.18. The first-order valence-electron chi connectivity index (χ1n) is 5.09. The Kier molecular flexibility index (Phi) is 2.65. The maximum absolute atomic E-state index is 12.5. The number of carbonyl (C=O) groups excluding carboxylic acids is 1. The Hall–Kier alpha value is -1.46. The van der Waals surface area contributed by atoms with Gasteiger partial charge in [-0.2, -0.15) is 0 Å². The zero-order valence-electron chi connectivity index (χ0n) is 8.47. The summed E-state index contributed by atoms with van der Waals surface area (Å²) in [4.78, 5) is 11.5. The van der Waals surface area contributed by atoms with Gasteiger partial charge in [-0.05, 0) is 18.4 Å². The van der Waals surface area contributed by atoms with Crippen molar-refractivity contribution in [1.29, 1.82) is 0 Å². The molecule has 1 N–H and O–H groups in total. The largest absolute Gasteiger partial charge is 0.509 e. The van der Waals surface area contributed by atoms with Crippen LogP contribution in [0.5, 0.6) is 0 Å². The van der Waals surface area contributed by atoms with E-state index >= 15 is 0 Å². The number of hydrogen-bond donors (Lipinski definition) is 1. The minimum absolute atomic E-state index is 0.284. The highest BCUT2D eigenvalue weighted by Crippen LogP contribution is 2.16. The number of nitrogens with one attached hydrogen (secondary N) is 1. The van der Waals surface area contributed by atoms with Crippen molar-refractivity contribution < 1.29 is 17.7 Å². The van der Waals surface area contributed by atoms with Crippen molar-refractivity contribution in [1.82, 2.24) is 5.32 Å². The normalized spacial score (nSPS) is 16.3. The molecule has 0 saturated carbocycles. The Morgan fingerprint density at radius 3 is 2.69 bits per heavy atom. The smallest absolute Gasteiger partial charge is 0.445 e. The van der Waals surface area contributed by atoms with Gasteiger partial charge in [0.15, 0.2) is 0 Å². The standard InChI is InChI=1S/C10H10BF3NO/c12-11(13,14)8-3-4-9-7(6-8)2-1-5-15-10(9)16/h3-4,6H,1-2,5H2,(H,15,16)/q-1. The molecule has 86 valence electrons. The lowest BCUT2D eigenvalue weighted by Crippen LogP contribution is -2.34. The Labute approximate surface area is 90.9 Å². The van der Waals surface area contributed by atoms with Crippen LogP contribution >= 0.6 is 0 Å². The van der Waals surface area contributed by atoms with Gasteiger partial charge in [-0.15, -0.1) is 5.46 Å². The molecule has 0 unspecified atom stereocenters. The van der Waals surface area contributed by atoms with Gasteiger partial charge in [0.05, 0.1) is 0 Å². The van der Waals surface area contributed by atoms with E-state index in [2.05, 4.69) is 5.32 Å². The molecule has 1 amide bonds. The van der Waals surface area contributed by atoms with Crippen molar-refractivity contribution in [2.45, 2.75) is 12.8 Å². The van der Waals surface area contributed by atoms with Gasteiger partial charge in [-0.25, -0.2) is 0 Å². The van der Waals surface area contributed by atoms with E-state index in [1.54, 1.807) is 0 Å². The molecule has 0 fully saturated rings. The Balaban J connectivity index is 2.45. The van der Waals surface area contributed by atoms with E-state index in [1.165, 1.54) is 6.07 Å². The second-order valence-electron chi connectivity index (χ2n) is 3.85. The predicted molar refractivity (Wildman–Crippen MR) is 55.8 cm³/mol. The molecule has 0 atom stereocenters. The fourth-order valence-electron chi connectivity index (χ4n) is 1.82. The highest BCUT2D eigenvalue weighted by molar-refractivity contribution is 6.73. The van der Waals surface area contributed by atoms with Crippen LogP contribution in [0.4, 0.5) is 12.9 Å². The SMILES string of the molecule is O=C1NCCCc2cc([B-](F)(F)F)ccc21. The predicted octanol–water partition coefficient (Wildman–Crippen LogP) is 1.42. The summed E-state index contributed by atoms with van der Waals surface area (Å²) >= 11 is 0. The second kappa shape index (κ2) is 3.85. The first-order valence-corrected chi connectivity index (χ1v) is 5.09. The molecule has 1 aliphatic rings. The van der Waals surface area contributed by atoms with E-state index in [-0.39, 0.29) is 5.91 Å². The lowest BCUT2D eigenvalue weighted by molar-refractivity contribution is 0.0956. The molecule has 1 aliphatic heterocycles. The number of halogens is 3. The Morgan fingerprint density at radius 1 is 1.25 bits per heavy atom. The molecule has 0 saturated heterocycles. The molecule has 0 bridgehead atoms. The third-order valence-corrected chi connectivity index (χ3v) is 2.66. The van der Waals surface area contributed by atoms with Gasteiger partial charge in [-0.1, -0.05) is 18.2 Å². The topological polar surface area (TPSA) is 29.1 Å². The monoisotopic (exact) mass is 228 g/mol. The van der Waals surface area contributed by atoms with Crippen molar-refractivity contribution in [2.24, 2.45) is 0 Å². The van der Waals surface area contributed by atoms with Crippen molar-refractivity contribution in [2.75, 3.05) is 6.54 Å². The summed E-state index contributed by atoms with van der Waals surface area (Å²) in [5.74, 6) is -0.284. The van der Waals surface area contributed by atoms with Crippen LogP contribution in [0.1, 0.15) is 22.3 Å². The first-order chi connectivity index (χ1) is 7.48. The summed E-state index contributed by atoms with van der Waals surface area (Å²) < 4.78 is 37.6. The van der Waals surface area contributed by atoms with E-state index < -0.39 is 12.4 Å². The molecule has 1 aromatic carbocycles. The van der Waals surface area contributed by atoms with Crippen molar-refractivity contribution >= 4 is 18.3 Å². The van der Waals surface area contributed by atoms with E-state index in [0.29, 0.717) is 30.5 Å². The van der Waals surface area contributed by atoms with Crippen LogP contribution in [0.25, 0.3) is 0 Å². The van der Waals surface area contributed by atoms with Gasteiger partial charge in [0.1, 0.15) is 0 Å². The summed E-state index contributed by atoms with van der Waals surface area (Å²) in [6.45, 7) is -4.47. The van der Waals surface area contributed by atoms with Gasteiger partial charge < -0.3 is 18.3 Å². The molecular formula is C10H10BF3NO-. The highest BCUT2D eigenvalue weighted by Gasteiger charge is 2.27. The van der Waals surface area contributed by atoms with Gasteiger partial charge in [0.25, 0.3) is 5.91 Å². The minimum Gasteiger partial charge on any atom is -0.445 e. The molecule has 1 heterocycles. The van der Waals surface area contributed by atoms with Gasteiger partial charge in [0, 0.05) is 12.1 Å². The summed E-state index contributed by atoms with van der Waals surface area (Å²) in [6, 6.07) is 3.34. The van der Waals surface area contributed by atoms with Gasteiger partial charge in [-0.3, -0.25) is 4.79 Å². The van der Waals surface area contributed by atoms with Gasteiger partial charge >= 0.3 is 6.98 Å². The van der Waals surface area contributed by atoms with Gasteiger partial charge in [0.2, 0.25) is 0 Å². The molecule has 2 rings (SSSR count). The maximum Gasteiger partial charge on any atom is 0.509 e. The van der Waals surface area contributed by atoms with Crippen LogP contribution in [0, 0.1) is 0 Å². The number of amides is 1. The molecule has 0 radical (unpaired) electrons. The van der Waals surface area contributed by atoms with Crippen LogP contribution in [0.3, 0.4) is 0 Å². The van der Waals surface area contributed by atoms with E-state index in [4.69, 9.17) is 0 Å². The van der Waals surface area contributed by atoms with E-state index in [9.17, 15) is 17.7 Å².